The summed E-state index contributed by atoms with van der Waals surface area (Å²) in [6.07, 6.45) is 0.372. The van der Waals surface area contributed by atoms with Gasteiger partial charge in [-0.3, -0.25) is 9.59 Å². The first kappa shape index (κ1) is 15.8. The molecule has 2 aromatic carbocycles. The number of hydrogen-bond donors (Lipinski definition) is 1. The third-order valence-corrected chi connectivity index (χ3v) is 3.55. The highest BCUT2D eigenvalue weighted by Crippen LogP contribution is 2.18. The van der Waals surface area contributed by atoms with E-state index in [2.05, 4.69) is 5.32 Å². The van der Waals surface area contributed by atoms with Crippen molar-refractivity contribution in [3.8, 4) is 0 Å². The van der Waals surface area contributed by atoms with E-state index in [-0.39, 0.29) is 11.8 Å². The molecule has 4 heteroatoms. The highest BCUT2D eigenvalue weighted by atomic mass is 16.2. The minimum Gasteiger partial charge on any atom is -0.326 e. The number of likely N-dealkylation sites (N-methyl/N-ethyl adjacent to an activating group) is 1. The monoisotopic (exact) mass is 296 g/mol. The normalized spacial score (nSPS) is 10.1. The standard InChI is InChI=1S/C18H20N2O2/c1-13-6-4-5-7-15(13)12-18(22)20(3)17-10-8-16(9-11-17)19-14(2)21/h4-11H,12H2,1-3H3,(H,19,21). The molecule has 0 aliphatic rings. The van der Waals surface area contributed by atoms with Crippen LogP contribution in [-0.2, 0) is 16.0 Å². The Labute approximate surface area is 130 Å². The number of nitrogens with zero attached hydrogens (tertiary/aromatic N) is 1. The third kappa shape index (κ3) is 3.95. The number of nitrogens with one attached hydrogen (secondary N) is 1. The molecule has 0 aliphatic carbocycles. The lowest BCUT2D eigenvalue weighted by molar-refractivity contribution is -0.117. The average molecular weight is 296 g/mol. The van der Waals surface area contributed by atoms with E-state index in [0.29, 0.717) is 6.42 Å². The molecule has 0 aliphatic heterocycles. The molecular weight excluding hydrogens is 276 g/mol. The molecule has 2 rings (SSSR count). The van der Waals surface area contributed by atoms with Gasteiger partial charge in [0.05, 0.1) is 6.42 Å². The van der Waals surface area contributed by atoms with Gasteiger partial charge in [-0.1, -0.05) is 24.3 Å². The fourth-order valence-corrected chi connectivity index (χ4v) is 2.21. The Kier molecular flexibility index (Phi) is 4.94. The smallest absolute Gasteiger partial charge is 0.231 e. The van der Waals surface area contributed by atoms with Crippen LogP contribution in [0, 0.1) is 6.92 Å². The van der Waals surface area contributed by atoms with Crippen LogP contribution in [0.25, 0.3) is 0 Å². The Morgan fingerprint density at radius 2 is 1.68 bits per heavy atom. The summed E-state index contributed by atoms with van der Waals surface area (Å²) in [7, 11) is 1.76. The second kappa shape index (κ2) is 6.89. The number of amides is 2. The molecule has 0 spiro atoms. The number of aryl methyl sites for hydroxylation is 1. The molecule has 2 aromatic rings. The van der Waals surface area contributed by atoms with Gasteiger partial charge in [-0.05, 0) is 42.3 Å². The van der Waals surface area contributed by atoms with Gasteiger partial charge in [0.15, 0.2) is 0 Å². The van der Waals surface area contributed by atoms with E-state index >= 15 is 0 Å². The number of rotatable bonds is 4. The van der Waals surface area contributed by atoms with Gasteiger partial charge >= 0.3 is 0 Å². The van der Waals surface area contributed by atoms with Gasteiger partial charge in [-0.15, -0.1) is 0 Å². The first-order chi connectivity index (χ1) is 10.5. The van der Waals surface area contributed by atoms with E-state index in [9.17, 15) is 9.59 Å². The summed E-state index contributed by atoms with van der Waals surface area (Å²) < 4.78 is 0. The van der Waals surface area contributed by atoms with Crippen LogP contribution in [0.3, 0.4) is 0 Å². The zero-order valence-corrected chi connectivity index (χ0v) is 13.1. The predicted molar refractivity (Wildman–Crippen MR) is 89.0 cm³/mol. The minimum atomic E-state index is -0.114. The van der Waals surface area contributed by atoms with Crippen LogP contribution in [0.5, 0.6) is 0 Å². The lowest BCUT2D eigenvalue weighted by atomic mass is 10.1. The molecular formula is C18H20N2O2. The molecule has 0 saturated heterocycles. The molecule has 22 heavy (non-hydrogen) atoms. The van der Waals surface area contributed by atoms with Crippen molar-refractivity contribution in [1.82, 2.24) is 0 Å². The maximum Gasteiger partial charge on any atom is 0.231 e. The van der Waals surface area contributed by atoms with E-state index in [0.717, 1.165) is 22.5 Å². The molecule has 0 unspecified atom stereocenters. The minimum absolute atomic E-state index is 0.0292. The van der Waals surface area contributed by atoms with Crippen molar-refractivity contribution in [2.45, 2.75) is 20.3 Å². The van der Waals surface area contributed by atoms with Crippen molar-refractivity contribution in [2.75, 3.05) is 17.3 Å². The molecule has 0 bridgehead atoms. The van der Waals surface area contributed by atoms with Crippen LogP contribution in [0.1, 0.15) is 18.1 Å². The van der Waals surface area contributed by atoms with Crippen LogP contribution < -0.4 is 10.2 Å². The second-order valence-corrected chi connectivity index (χ2v) is 5.28. The van der Waals surface area contributed by atoms with E-state index in [1.54, 1.807) is 24.1 Å². The van der Waals surface area contributed by atoms with Crippen LogP contribution in [-0.4, -0.2) is 18.9 Å². The second-order valence-electron chi connectivity index (χ2n) is 5.28. The molecule has 0 radical (unpaired) electrons. The Morgan fingerprint density at radius 3 is 2.27 bits per heavy atom. The lowest BCUT2D eigenvalue weighted by Crippen LogP contribution is -2.28. The zero-order chi connectivity index (χ0) is 16.1. The van der Waals surface area contributed by atoms with E-state index in [1.807, 2.05) is 43.3 Å². The summed E-state index contributed by atoms with van der Waals surface area (Å²) in [6, 6.07) is 15.1. The summed E-state index contributed by atoms with van der Waals surface area (Å²) >= 11 is 0. The Balaban J connectivity index is 2.07. The van der Waals surface area contributed by atoms with Crippen LogP contribution in [0.4, 0.5) is 11.4 Å². The van der Waals surface area contributed by atoms with Crippen LogP contribution in [0.15, 0.2) is 48.5 Å². The van der Waals surface area contributed by atoms with E-state index < -0.39 is 0 Å². The number of carbonyl (C=O) groups is 2. The number of anilines is 2. The van der Waals surface area contributed by atoms with Gasteiger partial charge in [0.1, 0.15) is 0 Å². The van der Waals surface area contributed by atoms with E-state index in [4.69, 9.17) is 0 Å². The first-order valence-electron chi connectivity index (χ1n) is 7.16. The quantitative estimate of drug-likeness (QED) is 0.942. The van der Waals surface area contributed by atoms with Crippen LogP contribution >= 0.6 is 0 Å². The summed E-state index contributed by atoms with van der Waals surface area (Å²) in [5.74, 6) is -0.0849. The van der Waals surface area contributed by atoms with Gasteiger partial charge < -0.3 is 10.2 Å². The van der Waals surface area contributed by atoms with Crippen LogP contribution in [0.2, 0.25) is 0 Å². The number of benzene rings is 2. The summed E-state index contributed by atoms with van der Waals surface area (Å²) in [5, 5.41) is 2.71. The lowest BCUT2D eigenvalue weighted by Gasteiger charge is -2.18. The predicted octanol–water partition coefficient (Wildman–Crippen LogP) is 3.16. The molecule has 0 fully saturated rings. The Hall–Kier alpha value is -2.62. The van der Waals surface area contributed by atoms with Crippen molar-refractivity contribution in [1.29, 1.82) is 0 Å². The Morgan fingerprint density at radius 1 is 1.05 bits per heavy atom. The van der Waals surface area contributed by atoms with Crippen molar-refractivity contribution >= 4 is 23.2 Å². The number of carbonyl (C=O) groups excluding carboxylic acids is 2. The molecule has 2 amide bonds. The number of hydrogen-bond acceptors (Lipinski definition) is 2. The summed E-state index contributed by atoms with van der Waals surface area (Å²) in [6.45, 7) is 3.47. The molecule has 114 valence electrons. The SMILES string of the molecule is CC(=O)Nc1ccc(N(C)C(=O)Cc2ccccc2C)cc1. The molecule has 0 heterocycles. The zero-order valence-electron chi connectivity index (χ0n) is 13.1. The molecule has 4 nitrogen and oxygen atoms in total. The fourth-order valence-electron chi connectivity index (χ4n) is 2.21. The van der Waals surface area contributed by atoms with Crippen molar-refractivity contribution in [2.24, 2.45) is 0 Å². The average Bonchev–Trinajstić information content (AvgIpc) is 2.49. The van der Waals surface area contributed by atoms with Gasteiger partial charge in [0.25, 0.3) is 0 Å². The van der Waals surface area contributed by atoms with Crippen molar-refractivity contribution < 1.29 is 9.59 Å². The first-order valence-corrected chi connectivity index (χ1v) is 7.16. The van der Waals surface area contributed by atoms with Gasteiger partial charge in [-0.2, -0.15) is 0 Å². The molecule has 1 N–H and O–H groups in total. The largest absolute Gasteiger partial charge is 0.326 e. The fraction of sp³-hybridized carbons (Fsp3) is 0.222. The third-order valence-electron chi connectivity index (χ3n) is 3.55. The van der Waals surface area contributed by atoms with Gasteiger partial charge in [0, 0.05) is 25.3 Å². The highest BCUT2D eigenvalue weighted by Gasteiger charge is 2.12. The summed E-state index contributed by atoms with van der Waals surface area (Å²) in [5.41, 5.74) is 3.67. The maximum absolute atomic E-state index is 12.4. The molecule has 0 aromatic heterocycles. The highest BCUT2D eigenvalue weighted by molar-refractivity contribution is 5.95. The Bertz CT molecular complexity index is 678. The topological polar surface area (TPSA) is 49.4 Å². The van der Waals surface area contributed by atoms with E-state index in [1.165, 1.54) is 6.92 Å². The molecule has 0 atom stereocenters. The van der Waals surface area contributed by atoms with Crippen molar-refractivity contribution in [3.63, 3.8) is 0 Å². The molecule has 0 saturated carbocycles. The maximum atomic E-state index is 12.4. The summed E-state index contributed by atoms with van der Waals surface area (Å²) in [4.78, 5) is 25.0. The van der Waals surface area contributed by atoms with Gasteiger partial charge in [-0.25, -0.2) is 0 Å². The van der Waals surface area contributed by atoms with Crippen molar-refractivity contribution in [3.05, 3.63) is 59.7 Å². The van der Waals surface area contributed by atoms with Gasteiger partial charge in [0.2, 0.25) is 11.8 Å².